The Morgan fingerprint density at radius 2 is 0.662 bits per heavy atom. The van der Waals surface area contributed by atoms with Gasteiger partial charge in [-0.1, -0.05) is 119 Å². The van der Waals surface area contributed by atoms with E-state index >= 15 is 0 Å². The lowest BCUT2D eigenvalue weighted by atomic mass is 10.0. The van der Waals surface area contributed by atoms with Crippen molar-refractivity contribution >= 4 is 81.6 Å². The van der Waals surface area contributed by atoms with Crippen molar-refractivity contribution in [2.24, 2.45) is 0 Å². The number of aryl methyl sites for hydroxylation is 8. The minimum absolute atomic E-state index is 0.00251. The molecule has 16 aromatic heterocycles. The molecule has 0 saturated heterocycles. The van der Waals surface area contributed by atoms with Crippen LogP contribution in [0.25, 0.3) is 133 Å². The molecule has 29 nitrogen and oxygen atoms in total. The second-order valence-electron chi connectivity index (χ2n) is 35.7. The molecule has 16 heterocycles. The Morgan fingerprint density at radius 3 is 0.915 bits per heavy atom. The van der Waals surface area contributed by atoms with Crippen molar-refractivity contribution in [1.82, 2.24) is 88.2 Å². The second kappa shape index (κ2) is 40.8. The molecule has 0 unspecified atom stereocenters. The Bertz CT molecular complexity index is 8180. The topological polar surface area (TPSA) is 365 Å². The average molecular weight is 1930 g/mol. The monoisotopic (exact) mass is 1930 g/mol. The summed E-state index contributed by atoms with van der Waals surface area (Å²) in [5.74, 6) is 3.17. The van der Waals surface area contributed by atoms with E-state index in [0.29, 0.717) is 19.4 Å². The van der Waals surface area contributed by atoms with Crippen LogP contribution in [-0.4, -0.2) is 120 Å². The van der Waals surface area contributed by atoms with Crippen LogP contribution in [0.3, 0.4) is 0 Å². The second-order valence-corrected chi connectivity index (χ2v) is 39.2. The van der Waals surface area contributed by atoms with Gasteiger partial charge in [-0.2, -0.15) is 0 Å². The molecule has 718 valence electrons. The van der Waals surface area contributed by atoms with Crippen LogP contribution in [0.2, 0.25) is 0 Å². The standard InChI is InChI=1S/C28H27N5O3S.C28H27N5O2.C28H26N4O2.C27H27N5O3S/c1-17-27(19(3)36-31-17)21-14-26-28(30-15-21)24(16-33(26)18(2)25-6-4-5-13-29-25)20-7-11-23(12-8-20)37(34,35)32-22-9-10-22;1-5-26(34)31-22-11-9-20(10-12-22)23-16-33(18(3)24-8-6-7-13-29-24)25-14-21(15-30-28(23)25)27-17(2)32-35-19(27)4;1-17(33)13-21-8-10-22(11-9-21)24-16-32(19(3)25-7-5-6-12-29-25)26-14-23(15-30-28(24)26)27-18(2)31-34-20(27)4;1-5-30-36(33,34)22-11-9-20(10-12-22)23-16-32(18(3)24-8-6-7-13-28-24)25-14-21(15-29-27(23)25)26-17(2)31-35-19(26)4/h4-8,11-16,18,22,32H,9-10H2,1-3H3;6-16,18H,5H2,1-4H3,(H,31,34);5-12,14-16,19H,13H2,1-4H3;6-16,18,30H,5H2,1-4H3/t2*18-;19-;18-/m0000/s1. The summed E-state index contributed by atoms with van der Waals surface area (Å²) in [4.78, 5) is 61.6. The lowest BCUT2D eigenvalue weighted by Crippen LogP contribution is -2.25. The van der Waals surface area contributed by atoms with Crippen molar-refractivity contribution in [2.75, 3.05) is 11.9 Å². The average Bonchev–Trinajstić information content (AvgIpc) is 1.61. The van der Waals surface area contributed by atoms with Crippen molar-refractivity contribution in [3.8, 4) is 89.0 Å². The number of pyridine rings is 8. The molecule has 1 aliphatic rings. The minimum Gasteiger partial charge on any atom is -0.361 e. The first kappa shape index (κ1) is 96.3. The van der Waals surface area contributed by atoms with Crippen molar-refractivity contribution < 1.29 is 44.5 Å². The summed E-state index contributed by atoms with van der Waals surface area (Å²) < 4.78 is 85.7. The SMILES string of the molecule is CC(=O)Cc1ccc(-c2cn([C@@H](C)c3ccccn3)c3cc(-c4c(C)noc4C)cnc23)cc1.CCC(=O)Nc1ccc(-c2cn([C@@H](C)c3ccccn3)c3cc(-c4c(C)noc4C)cnc23)cc1.CCNS(=O)(=O)c1ccc(-c2cn([C@@H](C)c3ccccn3)c3cc(-c4c(C)noc4C)cnc23)cc1.Cc1noc(C)c1-c1cnc2c(-c3ccc(S(=O)(=O)NC4CC4)cc3)cn([C@@H](C)c3ccccn3)c2c1. The van der Waals surface area contributed by atoms with Gasteiger partial charge in [-0.3, -0.25) is 49.5 Å². The van der Waals surface area contributed by atoms with Crippen LogP contribution in [0.5, 0.6) is 0 Å². The fourth-order valence-electron chi connectivity index (χ4n) is 18.3. The largest absolute Gasteiger partial charge is 0.361 e. The lowest BCUT2D eigenvalue weighted by Gasteiger charge is -2.15. The lowest BCUT2D eigenvalue weighted by molar-refractivity contribution is -0.117. The summed E-state index contributed by atoms with van der Waals surface area (Å²) in [6, 6.07) is 62.1. The van der Waals surface area contributed by atoms with Gasteiger partial charge < -0.3 is 41.7 Å². The highest BCUT2D eigenvalue weighted by Gasteiger charge is 2.31. The minimum atomic E-state index is -3.53. The van der Waals surface area contributed by atoms with E-state index in [1.165, 1.54) is 0 Å². The number of nitrogens with zero attached hydrogens (tertiary/aromatic N) is 16. The number of ketones is 1. The molecule has 1 amide bonds. The summed E-state index contributed by atoms with van der Waals surface area (Å²) in [5.41, 5.74) is 31.6. The Hall–Kier alpha value is -16.0. The molecule has 142 heavy (non-hydrogen) atoms. The zero-order valence-electron chi connectivity index (χ0n) is 81.4. The van der Waals surface area contributed by atoms with Crippen LogP contribution in [0, 0.1) is 55.4 Å². The van der Waals surface area contributed by atoms with Crippen LogP contribution >= 0.6 is 0 Å². The first-order chi connectivity index (χ1) is 68.5. The highest BCUT2D eigenvalue weighted by atomic mass is 32.2. The number of carbonyl (C=O) groups is 2. The molecule has 20 aromatic rings. The molecule has 0 radical (unpaired) electrons. The summed E-state index contributed by atoms with van der Waals surface area (Å²) in [6.45, 7) is 29.4. The third kappa shape index (κ3) is 20.0. The molecule has 0 spiro atoms. The van der Waals surface area contributed by atoms with Crippen LogP contribution in [0.4, 0.5) is 5.69 Å². The molecular weight excluding hydrogens is 1820 g/mol. The van der Waals surface area contributed by atoms with Gasteiger partial charge in [0.25, 0.3) is 0 Å². The van der Waals surface area contributed by atoms with Crippen LogP contribution in [-0.2, 0) is 36.1 Å². The van der Waals surface area contributed by atoms with E-state index < -0.39 is 20.0 Å². The summed E-state index contributed by atoms with van der Waals surface area (Å²) >= 11 is 0. The van der Waals surface area contributed by atoms with Crippen LogP contribution in [0.1, 0.15) is 166 Å². The zero-order valence-corrected chi connectivity index (χ0v) is 83.0. The number of amides is 1. The Labute approximate surface area is 822 Å². The molecule has 4 aromatic carbocycles. The number of carbonyl (C=O) groups excluding carboxylic acids is 2. The highest BCUT2D eigenvalue weighted by Crippen LogP contribution is 2.44. The molecule has 4 atom stereocenters. The van der Waals surface area contributed by atoms with Crippen LogP contribution in [0.15, 0.2) is 296 Å². The number of nitrogens with one attached hydrogen (secondary N) is 3. The molecular formula is C111H107N19O10S2. The van der Waals surface area contributed by atoms with E-state index in [1.807, 2.05) is 233 Å². The number of hydrogen-bond donors (Lipinski definition) is 3. The van der Waals surface area contributed by atoms with Crippen molar-refractivity contribution in [3.05, 3.63) is 343 Å². The van der Waals surface area contributed by atoms with E-state index in [9.17, 15) is 26.4 Å². The van der Waals surface area contributed by atoms with E-state index in [-0.39, 0.29) is 51.7 Å². The quantitative estimate of drug-likeness (QED) is 0.0453. The number of hydrogen-bond acceptors (Lipinski definition) is 22. The summed E-state index contributed by atoms with van der Waals surface area (Å²) in [7, 11) is -7.04. The number of fused-ring (bicyclic) bond motifs is 4. The van der Waals surface area contributed by atoms with Gasteiger partial charge in [0.05, 0.1) is 124 Å². The zero-order chi connectivity index (χ0) is 99.5. The van der Waals surface area contributed by atoms with Crippen molar-refractivity contribution in [2.45, 2.75) is 170 Å². The molecule has 0 bridgehead atoms. The van der Waals surface area contributed by atoms with Gasteiger partial charge in [0.2, 0.25) is 26.0 Å². The number of benzene rings is 4. The van der Waals surface area contributed by atoms with Gasteiger partial charge in [-0.05, 0) is 240 Å². The van der Waals surface area contributed by atoms with E-state index in [4.69, 9.17) is 38.0 Å². The van der Waals surface area contributed by atoms with Gasteiger partial charge in [-0.15, -0.1) is 0 Å². The van der Waals surface area contributed by atoms with E-state index in [2.05, 4.69) is 162 Å². The number of sulfonamides is 2. The maximum absolute atomic E-state index is 12.7. The van der Waals surface area contributed by atoms with E-state index in [1.54, 1.807) is 50.5 Å². The summed E-state index contributed by atoms with van der Waals surface area (Å²) in [6.07, 6.45) is 25.7. The molecule has 0 aliphatic heterocycles. The molecule has 21 rings (SSSR count). The van der Waals surface area contributed by atoms with Gasteiger partial charge >= 0.3 is 0 Å². The fraction of sp³-hybridized carbons (Fsp3) is 0.225. The predicted octanol–water partition coefficient (Wildman–Crippen LogP) is 23.1. The predicted molar refractivity (Wildman–Crippen MR) is 550 cm³/mol. The third-order valence-electron chi connectivity index (χ3n) is 25.8. The first-order valence-electron chi connectivity index (χ1n) is 47.1. The summed E-state index contributed by atoms with van der Waals surface area (Å²) in [5, 5.41) is 19.3. The normalized spacial score (nSPS) is 13.0. The maximum atomic E-state index is 12.7. The number of Topliss-reactive ketones (excluding diaryl/α,β-unsaturated/α-hetero) is 1. The highest BCUT2D eigenvalue weighted by molar-refractivity contribution is 7.89. The Morgan fingerprint density at radius 1 is 0.373 bits per heavy atom. The fourth-order valence-corrected chi connectivity index (χ4v) is 20.6. The number of aromatic nitrogens is 16. The van der Waals surface area contributed by atoms with Crippen molar-refractivity contribution in [1.29, 1.82) is 0 Å². The molecule has 1 fully saturated rings. The molecule has 1 saturated carbocycles. The van der Waals surface area contributed by atoms with Gasteiger partial charge in [0, 0.05) is 172 Å². The van der Waals surface area contributed by atoms with E-state index in [0.717, 1.165) is 226 Å². The van der Waals surface area contributed by atoms with Crippen LogP contribution < -0.4 is 14.8 Å². The Kier molecular flexibility index (Phi) is 27.7. The first-order valence-corrected chi connectivity index (χ1v) is 50.1. The maximum Gasteiger partial charge on any atom is 0.240 e. The Balaban J connectivity index is 0.000000125. The molecule has 3 N–H and O–H groups in total. The third-order valence-corrected chi connectivity index (χ3v) is 28.9. The number of rotatable bonds is 26. The van der Waals surface area contributed by atoms with Gasteiger partial charge in [0.1, 0.15) is 28.8 Å². The van der Waals surface area contributed by atoms with Crippen molar-refractivity contribution in [3.63, 3.8) is 0 Å². The molecule has 1 aliphatic carbocycles. The van der Waals surface area contributed by atoms with Gasteiger partial charge in [0.15, 0.2) is 0 Å². The van der Waals surface area contributed by atoms with Gasteiger partial charge in [-0.25, -0.2) is 26.3 Å². The molecule has 31 heteroatoms. The smallest absolute Gasteiger partial charge is 0.240 e. The number of anilines is 1.